The maximum atomic E-state index is 11.8. The van der Waals surface area contributed by atoms with Crippen molar-refractivity contribution in [2.75, 3.05) is 5.32 Å². The fourth-order valence-electron chi connectivity index (χ4n) is 2.54. The largest absolute Gasteiger partial charge is 0.508 e. The topological polar surface area (TPSA) is 106 Å². The van der Waals surface area contributed by atoms with E-state index >= 15 is 0 Å². The van der Waals surface area contributed by atoms with Gasteiger partial charge in [-0.3, -0.25) is 4.79 Å². The van der Waals surface area contributed by atoms with Gasteiger partial charge in [-0.1, -0.05) is 12.1 Å². The van der Waals surface area contributed by atoms with Gasteiger partial charge < -0.3 is 16.2 Å². The SMILES string of the molecule is CC1=C(C(N)=O)C(c2ccc(O)cc2)n2nc(C)nc2N1. The lowest BCUT2D eigenvalue weighted by Gasteiger charge is -2.27. The molecule has 2 heterocycles. The van der Waals surface area contributed by atoms with Gasteiger partial charge in [-0.25, -0.2) is 4.68 Å². The van der Waals surface area contributed by atoms with E-state index in [4.69, 9.17) is 5.73 Å². The highest BCUT2D eigenvalue weighted by Crippen LogP contribution is 2.35. The number of amides is 1. The summed E-state index contributed by atoms with van der Waals surface area (Å²) < 4.78 is 1.63. The van der Waals surface area contributed by atoms with Gasteiger partial charge in [0, 0.05) is 5.70 Å². The zero-order valence-electron chi connectivity index (χ0n) is 11.7. The molecule has 2 aromatic rings. The number of phenolic OH excluding ortho intramolecular Hbond substituents is 1. The summed E-state index contributed by atoms with van der Waals surface area (Å²) in [5, 5.41) is 16.8. The summed E-state index contributed by atoms with van der Waals surface area (Å²) in [5.41, 5.74) is 7.41. The van der Waals surface area contributed by atoms with Gasteiger partial charge in [0.15, 0.2) is 0 Å². The fraction of sp³-hybridized carbons (Fsp3) is 0.214. The second-order valence-corrected chi connectivity index (χ2v) is 4.95. The van der Waals surface area contributed by atoms with Crippen LogP contribution in [-0.2, 0) is 4.79 Å². The molecule has 7 nitrogen and oxygen atoms in total. The van der Waals surface area contributed by atoms with E-state index in [2.05, 4.69) is 15.4 Å². The van der Waals surface area contributed by atoms with Gasteiger partial charge in [0.1, 0.15) is 17.6 Å². The Labute approximate surface area is 121 Å². The van der Waals surface area contributed by atoms with E-state index in [9.17, 15) is 9.90 Å². The number of fused-ring (bicyclic) bond motifs is 1. The molecule has 1 aliphatic rings. The standard InChI is InChI=1S/C14H15N5O2/c1-7-11(13(15)21)12(9-3-5-10(20)6-4-9)19-14(16-7)17-8(2)18-19/h3-6,12,20H,1-2H3,(H2,15,21)(H,16,17,18). The second-order valence-electron chi connectivity index (χ2n) is 4.95. The third-order valence-corrected chi connectivity index (χ3v) is 3.43. The molecule has 0 aliphatic carbocycles. The summed E-state index contributed by atoms with van der Waals surface area (Å²) in [6.07, 6.45) is 0. The highest BCUT2D eigenvalue weighted by atomic mass is 16.3. The number of aromatic nitrogens is 3. The summed E-state index contributed by atoms with van der Waals surface area (Å²) in [4.78, 5) is 16.1. The number of anilines is 1. The molecule has 4 N–H and O–H groups in total. The summed E-state index contributed by atoms with van der Waals surface area (Å²) in [5.74, 6) is 0.800. The van der Waals surface area contributed by atoms with Crippen molar-refractivity contribution in [3.8, 4) is 5.75 Å². The van der Waals surface area contributed by atoms with E-state index in [0.717, 1.165) is 5.56 Å². The van der Waals surface area contributed by atoms with Crippen LogP contribution >= 0.6 is 0 Å². The number of rotatable bonds is 2. The van der Waals surface area contributed by atoms with Crippen molar-refractivity contribution in [3.05, 3.63) is 46.9 Å². The summed E-state index contributed by atoms with van der Waals surface area (Å²) in [7, 11) is 0. The normalized spacial score (nSPS) is 17.3. The van der Waals surface area contributed by atoms with Crippen LogP contribution in [0.3, 0.4) is 0 Å². The van der Waals surface area contributed by atoms with Gasteiger partial charge in [-0.05, 0) is 31.5 Å². The zero-order valence-corrected chi connectivity index (χ0v) is 11.7. The minimum atomic E-state index is -0.517. The van der Waals surface area contributed by atoms with E-state index in [0.29, 0.717) is 23.0 Å². The number of phenols is 1. The average molecular weight is 285 g/mol. The van der Waals surface area contributed by atoms with Crippen LogP contribution in [0.4, 0.5) is 5.95 Å². The number of nitrogens with zero attached hydrogens (tertiary/aromatic N) is 3. The number of carbonyl (C=O) groups excluding carboxylic acids is 1. The smallest absolute Gasteiger partial charge is 0.248 e. The molecule has 1 aromatic heterocycles. The van der Waals surface area contributed by atoms with Crippen LogP contribution in [0.5, 0.6) is 5.75 Å². The van der Waals surface area contributed by atoms with Crippen molar-refractivity contribution >= 4 is 11.9 Å². The van der Waals surface area contributed by atoms with Crippen LogP contribution in [0.25, 0.3) is 0 Å². The second kappa shape index (κ2) is 4.62. The molecule has 0 saturated heterocycles. The Morgan fingerprint density at radius 3 is 2.62 bits per heavy atom. The maximum absolute atomic E-state index is 11.8. The van der Waals surface area contributed by atoms with Crippen LogP contribution < -0.4 is 11.1 Å². The molecule has 0 spiro atoms. The fourth-order valence-corrected chi connectivity index (χ4v) is 2.54. The first kappa shape index (κ1) is 13.2. The van der Waals surface area contributed by atoms with Gasteiger partial charge in [-0.2, -0.15) is 10.1 Å². The van der Waals surface area contributed by atoms with Gasteiger partial charge >= 0.3 is 0 Å². The van der Waals surface area contributed by atoms with E-state index in [-0.39, 0.29) is 5.75 Å². The number of hydrogen-bond acceptors (Lipinski definition) is 5. The number of aromatic hydroxyl groups is 1. The van der Waals surface area contributed by atoms with Crippen LogP contribution in [-0.4, -0.2) is 25.8 Å². The van der Waals surface area contributed by atoms with E-state index in [1.54, 1.807) is 42.8 Å². The molecule has 7 heteroatoms. The van der Waals surface area contributed by atoms with Crippen LogP contribution in [0.2, 0.25) is 0 Å². The van der Waals surface area contributed by atoms with Crippen LogP contribution in [0.1, 0.15) is 24.4 Å². The lowest BCUT2D eigenvalue weighted by molar-refractivity contribution is -0.115. The minimum absolute atomic E-state index is 0.156. The molecule has 108 valence electrons. The molecule has 21 heavy (non-hydrogen) atoms. The molecule has 1 amide bonds. The lowest BCUT2D eigenvalue weighted by Crippen LogP contribution is -2.31. The Hall–Kier alpha value is -2.83. The molecule has 0 saturated carbocycles. The molecule has 0 fully saturated rings. The molecule has 1 atom stereocenters. The first-order valence-electron chi connectivity index (χ1n) is 6.47. The van der Waals surface area contributed by atoms with Gasteiger partial charge in [0.25, 0.3) is 0 Å². The number of hydrogen-bond donors (Lipinski definition) is 3. The summed E-state index contributed by atoms with van der Waals surface area (Å²) in [6.45, 7) is 3.56. The Morgan fingerprint density at radius 1 is 1.33 bits per heavy atom. The van der Waals surface area contributed by atoms with Crippen molar-refractivity contribution in [2.45, 2.75) is 19.9 Å². The molecule has 1 aliphatic heterocycles. The predicted molar refractivity (Wildman–Crippen MR) is 76.5 cm³/mol. The van der Waals surface area contributed by atoms with E-state index in [1.165, 1.54) is 0 Å². The van der Waals surface area contributed by atoms with Crippen molar-refractivity contribution in [1.82, 2.24) is 14.8 Å². The first-order valence-corrected chi connectivity index (χ1v) is 6.47. The lowest BCUT2D eigenvalue weighted by atomic mass is 9.95. The highest BCUT2D eigenvalue weighted by molar-refractivity contribution is 5.95. The maximum Gasteiger partial charge on any atom is 0.248 e. The number of carbonyl (C=O) groups is 1. The third kappa shape index (κ3) is 2.12. The number of primary amides is 1. The van der Waals surface area contributed by atoms with E-state index < -0.39 is 11.9 Å². The Kier molecular flexibility index (Phi) is 2.90. The quantitative estimate of drug-likeness (QED) is 0.765. The molecular weight excluding hydrogens is 270 g/mol. The Bertz CT molecular complexity index is 745. The number of allylic oxidation sites excluding steroid dienone is 1. The average Bonchev–Trinajstić information content (AvgIpc) is 2.77. The molecule has 1 unspecified atom stereocenters. The van der Waals surface area contributed by atoms with Crippen molar-refractivity contribution in [1.29, 1.82) is 0 Å². The monoisotopic (exact) mass is 285 g/mol. The number of nitrogens with one attached hydrogen (secondary N) is 1. The Morgan fingerprint density at radius 2 is 2.00 bits per heavy atom. The summed E-state index contributed by atoms with van der Waals surface area (Å²) in [6, 6.07) is 6.15. The van der Waals surface area contributed by atoms with E-state index in [1.807, 2.05) is 0 Å². The highest BCUT2D eigenvalue weighted by Gasteiger charge is 2.32. The molecule has 1 aromatic carbocycles. The molecule has 0 radical (unpaired) electrons. The predicted octanol–water partition coefficient (Wildman–Crippen LogP) is 1.07. The minimum Gasteiger partial charge on any atom is -0.508 e. The van der Waals surface area contributed by atoms with Gasteiger partial charge in [0.2, 0.25) is 11.9 Å². The number of benzene rings is 1. The molecule has 0 bridgehead atoms. The summed E-state index contributed by atoms with van der Waals surface area (Å²) >= 11 is 0. The first-order chi connectivity index (χ1) is 9.97. The van der Waals surface area contributed by atoms with Gasteiger partial charge in [0.05, 0.1) is 5.57 Å². The zero-order chi connectivity index (χ0) is 15.1. The van der Waals surface area contributed by atoms with Crippen LogP contribution in [0.15, 0.2) is 35.5 Å². The third-order valence-electron chi connectivity index (χ3n) is 3.43. The van der Waals surface area contributed by atoms with Crippen molar-refractivity contribution in [2.24, 2.45) is 5.73 Å². The van der Waals surface area contributed by atoms with Crippen molar-refractivity contribution in [3.63, 3.8) is 0 Å². The number of aryl methyl sites for hydroxylation is 1. The Balaban J connectivity index is 2.21. The van der Waals surface area contributed by atoms with Crippen molar-refractivity contribution < 1.29 is 9.90 Å². The van der Waals surface area contributed by atoms with Gasteiger partial charge in [-0.15, -0.1) is 0 Å². The molecule has 3 rings (SSSR count). The molecular formula is C14H15N5O2. The number of nitrogens with two attached hydrogens (primary N) is 1. The van der Waals surface area contributed by atoms with Crippen LogP contribution in [0, 0.1) is 6.92 Å².